The lowest BCUT2D eigenvalue weighted by Gasteiger charge is -2.28. The normalized spacial score (nSPS) is 13.0. The Morgan fingerprint density at radius 2 is 1.07 bits per heavy atom. The fraction of sp³-hybridized carbons (Fsp3) is 0.133. The van der Waals surface area contributed by atoms with E-state index in [0.717, 1.165) is 11.1 Å². The number of nitrogens with two attached hydrogens (primary N) is 2. The van der Waals surface area contributed by atoms with E-state index < -0.39 is 31.6 Å². The van der Waals surface area contributed by atoms with Crippen molar-refractivity contribution >= 4 is 67.0 Å². The maximum Gasteiger partial charge on any atom is 0.261 e. The Bertz CT molecular complexity index is 2090. The van der Waals surface area contributed by atoms with E-state index in [-0.39, 0.29) is 65.3 Å². The molecule has 0 bridgehead atoms. The van der Waals surface area contributed by atoms with Gasteiger partial charge >= 0.3 is 0 Å². The smallest absolute Gasteiger partial charge is 0.261 e. The minimum atomic E-state index is -4.24. The maximum atomic E-state index is 14.2. The van der Waals surface area contributed by atoms with Crippen LogP contribution in [-0.4, -0.2) is 28.4 Å². The highest BCUT2D eigenvalue weighted by molar-refractivity contribution is 7.93. The van der Waals surface area contributed by atoms with Crippen LogP contribution in [0.15, 0.2) is 69.3 Å². The predicted octanol–water partition coefficient (Wildman–Crippen LogP) is 4.75. The average molecular weight is 637 g/mol. The number of aryl methyl sites for hydroxylation is 3. The highest BCUT2D eigenvalue weighted by Crippen LogP contribution is 2.46. The maximum absolute atomic E-state index is 14.2. The van der Waals surface area contributed by atoms with Gasteiger partial charge in [-0.2, -0.15) is 0 Å². The second-order valence-corrected chi connectivity index (χ2v) is 14.2. The summed E-state index contributed by atoms with van der Waals surface area (Å²) in [5, 5.41) is 0. The molecule has 43 heavy (non-hydrogen) atoms. The number of nitrogen functional groups attached to an aromatic ring is 2. The first-order chi connectivity index (χ1) is 20.0. The number of sulfonamides is 2. The van der Waals surface area contributed by atoms with Gasteiger partial charge in [0.15, 0.2) is 11.6 Å². The number of thiol groups is 1. The Balaban J connectivity index is 1.72. The van der Waals surface area contributed by atoms with Gasteiger partial charge in [-0.05, 0) is 69.2 Å². The van der Waals surface area contributed by atoms with Crippen LogP contribution < -0.4 is 20.9 Å². The van der Waals surface area contributed by atoms with Crippen molar-refractivity contribution in [3.63, 3.8) is 0 Å². The number of anilines is 4. The zero-order chi connectivity index (χ0) is 31.6. The Labute approximate surface area is 255 Å². The van der Waals surface area contributed by atoms with Crippen LogP contribution in [0.2, 0.25) is 0 Å². The van der Waals surface area contributed by atoms with E-state index in [1.165, 1.54) is 37.3 Å². The van der Waals surface area contributed by atoms with Crippen molar-refractivity contribution in [1.29, 1.82) is 0 Å². The van der Waals surface area contributed by atoms with Crippen molar-refractivity contribution in [2.24, 2.45) is 0 Å². The molecule has 0 saturated carbocycles. The van der Waals surface area contributed by atoms with Crippen LogP contribution in [0.5, 0.6) is 0 Å². The van der Waals surface area contributed by atoms with Gasteiger partial charge in [-0.3, -0.25) is 19.0 Å². The van der Waals surface area contributed by atoms with Crippen molar-refractivity contribution in [2.75, 3.05) is 20.9 Å². The van der Waals surface area contributed by atoms with Crippen LogP contribution >= 0.6 is 12.6 Å². The lowest BCUT2D eigenvalue weighted by atomic mass is 9.79. The van der Waals surface area contributed by atoms with Crippen LogP contribution in [0.25, 0.3) is 0 Å². The van der Waals surface area contributed by atoms with E-state index in [1.807, 2.05) is 6.92 Å². The van der Waals surface area contributed by atoms with Gasteiger partial charge in [0.2, 0.25) is 0 Å². The molecule has 4 aromatic carbocycles. The van der Waals surface area contributed by atoms with Gasteiger partial charge in [0, 0.05) is 16.3 Å². The molecule has 0 unspecified atom stereocenters. The SMILES string of the molecule is Cc1ccc(S(=O)(=O)Nc2cc(C)c(N)c3c2C(=O)c2c(N)c(C)c(S)c(NS(=O)(=O)c4ccc(C)cc4)c2C3=O)cc1. The van der Waals surface area contributed by atoms with Gasteiger partial charge in [0.1, 0.15) is 0 Å². The standard InChI is InChI=1S/C30H28N4O6S3/c1-14-5-9-18(10-6-14)42(37,38)33-20-13-16(3)25(31)22-21(20)28(35)23-24(29(22)36)27(30(41)17(4)26(23)32)34-43(39,40)19-11-7-15(2)8-12-19/h5-13,33-34,41H,31-32H2,1-4H3. The van der Waals surface area contributed by atoms with Crippen LogP contribution in [0, 0.1) is 27.7 Å². The lowest BCUT2D eigenvalue weighted by Crippen LogP contribution is -2.29. The van der Waals surface area contributed by atoms with E-state index >= 15 is 0 Å². The topological polar surface area (TPSA) is 179 Å². The van der Waals surface area contributed by atoms with Gasteiger partial charge in [0.25, 0.3) is 20.0 Å². The molecule has 0 aliphatic heterocycles. The van der Waals surface area contributed by atoms with Crippen LogP contribution in [0.1, 0.15) is 54.1 Å². The molecule has 10 nitrogen and oxygen atoms in total. The van der Waals surface area contributed by atoms with Crippen LogP contribution in [-0.2, 0) is 20.0 Å². The first kappa shape index (κ1) is 30.1. The molecular weight excluding hydrogens is 609 g/mol. The largest absolute Gasteiger partial charge is 0.398 e. The van der Waals surface area contributed by atoms with E-state index in [4.69, 9.17) is 11.5 Å². The molecule has 4 aromatic rings. The summed E-state index contributed by atoms with van der Waals surface area (Å²) in [6.07, 6.45) is 0. The highest BCUT2D eigenvalue weighted by atomic mass is 32.2. The van der Waals surface area contributed by atoms with Crippen molar-refractivity contribution < 1.29 is 26.4 Å². The summed E-state index contributed by atoms with van der Waals surface area (Å²) < 4.78 is 58.3. The number of ketones is 2. The Kier molecular flexibility index (Phi) is 7.31. The van der Waals surface area contributed by atoms with Crippen LogP contribution in [0.3, 0.4) is 0 Å². The highest BCUT2D eigenvalue weighted by Gasteiger charge is 2.40. The minimum absolute atomic E-state index is 0.0445. The molecule has 0 atom stereocenters. The first-order valence-electron chi connectivity index (χ1n) is 12.9. The molecule has 5 rings (SSSR count). The monoisotopic (exact) mass is 636 g/mol. The average Bonchev–Trinajstić information content (AvgIpc) is 2.94. The molecule has 1 aliphatic rings. The number of carbonyl (C=O) groups excluding carboxylic acids is 2. The number of fused-ring (bicyclic) bond motifs is 2. The van der Waals surface area contributed by atoms with E-state index in [2.05, 4.69) is 22.1 Å². The molecule has 0 fully saturated rings. The number of rotatable bonds is 6. The fourth-order valence-electron chi connectivity index (χ4n) is 4.91. The van der Waals surface area contributed by atoms with E-state index in [0.29, 0.717) is 5.56 Å². The molecule has 0 amide bonds. The van der Waals surface area contributed by atoms with E-state index in [1.54, 1.807) is 38.1 Å². The van der Waals surface area contributed by atoms with Gasteiger partial charge in [-0.1, -0.05) is 35.4 Å². The number of hydrogen-bond acceptors (Lipinski definition) is 9. The van der Waals surface area contributed by atoms with Crippen molar-refractivity contribution in [2.45, 2.75) is 42.4 Å². The van der Waals surface area contributed by atoms with Crippen molar-refractivity contribution in [1.82, 2.24) is 0 Å². The summed E-state index contributed by atoms with van der Waals surface area (Å²) in [6.45, 7) is 6.70. The van der Waals surface area contributed by atoms with Gasteiger partial charge in [0.05, 0.1) is 43.4 Å². The lowest BCUT2D eigenvalue weighted by molar-refractivity contribution is 0.0981. The number of benzene rings is 4. The minimum Gasteiger partial charge on any atom is -0.398 e. The third-order valence-electron chi connectivity index (χ3n) is 7.39. The Morgan fingerprint density at radius 3 is 1.58 bits per heavy atom. The molecule has 0 saturated heterocycles. The molecule has 6 N–H and O–H groups in total. The Morgan fingerprint density at radius 1 is 0.628 bits per heavy atom. The summed E-state index contributed by atoms with van der Waals surface area (Å²) in [4.78, 5) is 28.3. The summed E-state index contributed by atoms with van der Waals surface area (Å²) in [6, 6.07) is 13.5. The quantitative estimate of drug-likeness (QED) is 0.131. The summed E-state index contributed by atoms with van der Waals surface area (Å²) in [5.74, 6) is -1.62. The third kappa shape index (κ3) is 5.02. The number of carbonyl (C=O) groups is 2. The molecule has 0 radical (unpaired) electrons. The zero-order valence-electron chi connectivity index (χ0n) is 23.6. The van der Waals surface area contributed by atoms with Gasteiger partial charge < -0.3 is 11.5 Å². The number of nitrogens with one attached hydrogen (secondary N) is 2. The molecule has 0 spiro atoms. The van der Waals surface area contributed by atoms with E-state index in [9.17, 15) is 26.4 Å². The molecule has 1 aliphatic carbocycles. The second-order valence-electron chi connectivity index (χ2n) is 10.4. The second kappa shape index (κ2) is 10.4. The van der Waals surface area contributed by atoms with Crippen LogP contribution in [0.4, 0.5) is 22.7 Å². The Hall–Kier alpha value is -4.33. The van der Waals surface area contributed by atoms with Crippen molar-refractivity contribution in [3.8, 4) is 0 Å². The van der Waals surface area contributed by atoms with Gasteiger partial charge in [-0.15, -0.1) is 12.6 Å². The van der Waals surface area contributed by atoms with Crippen molar-refractivity contribution in [3.05, 3.63) is 99.1 Å². The summed E-state index contributed by atoms with van der Waals surface area (Å²) in [7, 11) is -8.44. The summed E-state index contributed by atoms with van der Waals surface area (Å²) in [5.41, 5.74) is 13.2. The number of hydrogen-bond donors (Lipinski definition) is 5. The fourth-order valence-corrected chi connectivity index (χ4v) is 7.42. The molecular formula is C30H28N4O6S3. The summed E-state index contributed by atoms with van der Waals surface area (Å²) >= 11 is 4.47. The third-order valence-corrected chi connectivity index (χ3v) is 10.7. The first-order valence-corrected chi connectivity index (χ1v) is 16.3. The molecule has 13 heteroatoms. The molecule has 0 heterocycles. The van der Waals surface area contributed by atoms with Gasteiger partial charge in [-0.25, -0.2) is 16.8 Å². The molecule has 222 valence electrons. The zero-order valence-corrected chi connectivity index (χ0v) is 26.1. The predicted molar refractivity (Wildman–Crippen MR) is 169 cm³/mol. The molecule has 0 aromatic heterocycles.